The fraction of sp³-hybridized carbons (Fsp3) is 0.417. The van der Waals surface area contributed by atoms with Gasteiger partial charge in [-0.25, -0.2) is 4.79 Å². The molecule has 6 nitrogen and oxygen atoms in total. The monoisotopic (exact) mass is 303 g/mol. The number of rotatable bonds is 3. The third-order valence-electron chi connectivity index (χ3n) is 2.78. The van der Waals surface area contributed by atoms with E-state index >= 15 is 0 Å². The predicted molar refractivity (Wildman–Crippen MR) is 66.3 cm³/mol. The highest BCUT2D eigenvalue weighted by molar-refractivity contribution is 5.86. The highest BCUT2D eigenvalue weighted by atomic mass is 19.4. The maximum absolute atomic E-state index is 12.7. The van der Waals surface area contributed by atoms with E-state index in [1.165, 1.54) is 0 Å². The first-order valence-corrected chi connectivity index (χ1v) is 6.05. The van der Waals surface area contributed by atoms with Gasteiger partial charge in [0.05, 0.1) is 0 Å². The Morgan fingerprint density at radius 2 is 2.00 bits per heavy atom. The first kappa shape index (κ1) is 15.1. The van der Waals surface area contributed by atoms with Gasteiger partial charge in [0, 0.05) is 18.7 Å². The summed E-state index contributed by atoms with van der Waals surface area (Å²) in [6.45, 7) is 3.71. The van der Waals surface area contributed by atoms with Crippen molar-refractivity contribution in [2.45, 2.75) is 26.6 Å². The van der Waals surface area contributed by atoms with Crippen LogP contribution in [-0.4, -0.2) is 25.3 Å². The number of alkyl halides is 3. The fourth-order valence-corrected chi connectivity index (χ4v) is 1.98. The van der Waals surface area contributed by atoms with Crippen LogP contribution in [0.3, 0.4) is 0 Å². The Morgan fingerprint density at radius 3 is 2.48 bits per heavy atom. The van der Waals surface area contributed by atoms with E-state index < -0.39 is 23.4 Å². The number of carboxylic acid groups (broad SMARTS) is 1. The summed E-state index contributed by atoms with van der Waals surface area (Å²) in [6.07, 6.45) is -4.71. The van der Waals surface area contributed by atoms with Crippen molar-refractivity contribution in [3.8, 4) is 0 Å². The average Bonchev–Trinajstić information content (AvgIpc) is 2.76. The number of hydrogen-bond donors (Lipinski definition) is 1. The van der Waals surface area contributed by atoms with E-state index in [1.54, 1.807) is 13.8 Å². The number of aromatic nitrogens is 3. The van der Waals surface area contributed by atoms with E-state index in [4.69, 9.17) is 5.11 Å². The molecule has 114 valence electrons. The summed E-state index contributed by atoms with van der Waals surface area (Å²) in [5.74, 6) is -1.41. The zero-order valence-corrected chi connectivity index (χ0v) is 11.2. The summed E-state index contributed by atoms with van der Waals surface area (Å²) >= 11 is 0. The molecule has 2 aromatic heterocycles. The van der Waals surface area contributed by atoms with Crippen LogP contribution in [0.5, 0.6) is 0 Å². The van der Waals surface area contributed by atoms with Crippen molar-refractivity contribution in [2.24, 2.45) is 5.92 Å². The van der Waals surface area contributed by atoms with Crippen LogP contribution in [0, 0.1) is 5.92 Å². The highest BCUT2D eigenvalue weighted by Crippen LogP contribution is 2.28. The normalized spacial score (nSPS) is 12.3. The van der Waals surface area contributed by atoms with Crippen LogP contribution >= 0.6 is 0 Å². The Balaban J connectivity index is 2.83. The minimum atomic E-state index is -4.71. The fourth-order valence-electron chi connectivity index (χ4n) is 1.98. The second-order valence-electron chi connectivity index (χ2n) is 4.97. The quantitative estimate of drug-likeness (QED) is 0.939. The number of fused-ring (bicyclic) bond motifs is 1. The molecular formula is C12H12F3N3O3. The molecule has 9 heteroatoms. The molecule has 0 radical (unpaired) electrons. The van der Waals surface area contributed by atoms with Crippen LogP contribution in [0.15, 0.2) is 16.9 Å². The van der Waals surface area contributed by atoms with Gasteiger partial charge in [0.15, 0.2) is 5.69 Å². The molecule has 2 heterocycles. The molecule has 2 aromatic rings. The van der Waals surface area contributed by atoms with Gasteiger partial charge in [0.2, 0.25) is 0 Å². The summed E-state index contributed by atoms with van der Waals surface area (Å²) in [5, 5.41) is 12.3. The third-order valence-corrected chi connectivity index (χ3v) is 2.78. The van der Waals surface area contributed by atoms with Crippen molar-refractivity contribution in [2.75, 3.05) is 0 Å². The molecule has 0 spiro atoms. The summed E-state index contributed by atoms with van der Waals surface area (Å²) in [6, 6.07) is 1.45. The Hall–Kier alpha value is -2.32. The predicted octanol–water partition coefficient (Wildman–Crippen LogP) is 1.87. The largest absolute Gasteiger partial charge is 0.477 e. The topological polar surface area (TPSA) is 76.6 Å². The van der Waals surface area contributed by atoms with Crippen LogP contribution in [0.25, 0.3) is 5.65 Å². The molecule has 2 rings (SSSR count). The van der Waals surface area contributed by atoms with Gasteiger partial charge in [-0.3, -0.25) is 4.79 Å². The first-order chi connectivity index (χ1) is 9.61. The zero-order valence-electron chi connectivity index (χ0n) is 11.2. The molecule has 0 unspecified atom stereocenters. The number of aromatic carboxylic acids is 1. The molecule has 0 aliphatic heterocycles. The SMILES string of the molecule is CC(C)Cn1c(C(=O)O)cc(=O)n2nc(C(F)(F)F)cc12. The minimum Gasteiger partial charge on any atom is -0.477 e. The maximum Gasteiger partial charge on any atom is 0.435 e. The molecule has 0 aliphatic rings. The molecule has 0 bridgehead atoms. The van der Waals surface area contributed by atoms with Crippen LogP contribution in [-0.2, 0) is 12.7 Å². The molecule has 0 aromatic carbocycles. The van der Waals surface area contributed by atoms with E-state index in [1.807, 2.05) is 0 Å². The molecule has 0 amide bonds. The van der Waals surface area contributed by atoms with E-state index in [-0.39, 0.29) is 23.8 Å². The lowest BCUT2D eigenvalue weighted by atomic mass is 10.2. The van der Waals surface area contributed by atoms with Crippen molar-refractivity contribution in [3.05, 3.63) is 33.9 Å². The van der Waals surface area contributed by atoms with Crippen LogP contribution in [0.1, 0.15) is 30.0 Å². The molecular weight excluding hydrogens is 291 g/mol. The molecule has 21 heavy (non-hydrogen) atoms. The number of carbonyl (C=O) groups is 1. The Morgan fingerprint density at radius 1 is 1.38 bits per heavy atom. The van der Waals surface area contributed by atoms with Crippen molar-refractivity contribution in [1.29, 1.82) is 0 Å². The Bertz CT molecular complexity index is 759. The van der Waals surface area contributed by atoms with Gasteiger partial charge in [0.25, 0.3) is 5.56 Å². The molecule has 0 aliphatic carbocycles. The van der Waals surface area contributed by atoms with Gasteiger partial charge < -0.3 is 9.67 Å². The van der Waals surface area contributed by atoms with Gasteiger partial charge in [-0.05, 0) is 5.92 Å². The summed E-state index contributed by atoms with van der Waals surface area (Å²) < 4.78 is 39.8. The lowest BCUT2D eigenvalue weighted by molar-refractivity contribution is -0.141. The van der Waals surface area contributed by atoms with Gasteiger partial charge in [-0.15, -0.1) is 0 Å². The summed E-state index contributed by atoms with van der Waals surface area (Å²) in [7, 11) is 0. The third kappa shape index (κ3) is 2.76. The lowest BCUT2D eigenvalue weighted by Gasteiger charge is -2.14. The van der Waals surface area contributed by atoms with E-state index in [0.717, 1.165) is 10.6 Å². The van der Waals surface area contributed by atoms with Gasteiger partial charge in [0.1, 0.15) is 11.3 Å². The second kappa shape index (κ2) is 4.90. The first-order valence-electron chi connectivity index (χ1n) is 6.05. The minimum absolute atomic E-state index is 0.0290. The standard InChI is InChI=1S/C12H12F3N3O3/c1-6(2)5-17-7(11(20)21)3-10(19)18-9(17)4-8(16-18)12(13,14)15/h3-4,6H,5H2,1-2H3,(H,20,21). The smallest absolute Gasteiger partial charge is 0.435 e. The number of halogens is 3. The molecule has 0 saturated carbocycles. The number of carboxylic acids is 1. The van der Waals surface area contributed by atoms with Crippen molar-refractivity contribution in [3.63, 3.8) is 0 Å². The number of hydrogen-bond acceptors (Lipinski definition) is 3. The second-order valence-corrected chi connectivity index (χ2v) is 4.97. The molecule has 0 atom stereocenters. The van der Waals surface area contributed by atoms with Crippen molar-refractivity contribution >= 4 is 11.6 Å². The van der Waals surface area contributed by atoms with E-state index in [2.05, 4.69) is 5.10 Å². The Kier molecular flexibility index (Phi) is 3.52. The van der Waals surface area contributed by atoms with Crippen LogP contribution in [0.4, 0.5) is 13.2 Å². The maximum atomic E-state index is 12.7. The highest BCUT2D eigenvalue weighted by Gasteiger charge is 2.35. The lowest BCUT2D eigenvalue weighted by Crippen LogP contribution is -2.25. The van der Waals surface area contributed by atoms with Crippen molar-refractivity contribution in [1.82, 2.24) is 14.2 Å². The van der Waals surface area contributed by atoms with E-state index in [9.17, 15) is 22.8 Å². The molecule has 0 saturated heterocycles. The van der Waals surface area contributed by atoms with Crippen LogP contribution in [0.2, 0.25) is 0 Å². The van der Waals surface area contributed by atoms with Gasteiger partial charge in [-0.1, -0.05) is 13.8 Å². The summed E-state index contributed by atoms with van der Waals surface area (Å²) in [5.41, 5.74) is -2.71. The van der Waals surface area contributed by atoms with Gasteiger partial charge >= 0.3 is 12.1 Å². The number of nitrogens with zero attached hydrogens (tertiary/aromatic N) is 3. The molecule has 0 fully saturated rings. The Labute approximate surface area is 116 Å². The van der Waals surface area contributed by atoms with Gasteiger partial charge in [-0.2, -0.15) is 22.8 Å². The molecule has 1 N–H and O–H groups in total. The zero-order chi connectivity index (χ0) is 15.9. The average molecular weight is 303 g/mol. The summed E-state index contributed by atoms with van der Waals surface area (Å²) in [4.78, 5) is 22.9. The van der Waals surface area contributed by atoms with E-state index in [0.29, 0.717) is 10.6 Å². The van der Waals surface area contributed by atoms with Crippen LogP contribution < -0.4 is 5.56 Å². The van der Waals surface area contributed by atoms with Crippen molar-refractivity contribution < 1.29 is 23.1 Å².